The molecule has 22 heavy (non-hydrogen) atoms. The van der Waals surface area contributed by atoms with Crippen LogP contribution in [-0.4, -0.2) is 11.9 Å². The van der Waals surface area contributed by atoms with Crippen LogP contribution < -0.4 is 0 Å². The minimum absolute atomic E-state index is 0.241. The zero-order chi connectivity index (χ0) is 15.7. The number of aliphatic imine (C=N–C) groups is 1. The van der Waals surface area contributed by atoms with Crippen LogP contribution in [0, 0.1) is 7.14 Å². The second kappa shape index (κ2) is 6.67. The first-order valence-corrected chi connectivity index (χ1v) is 8.80. The molecule has 0 fully saturated rings. The lowest BCUT2D eigenvalue weighted by Crippen LogP contribution is -2.06. The van der Waals surface area contributed by atoms with Gasteiger partial charge in [-0.15, -0.1) is 0 Å². The number of nitrogens with zero attached hydrogens (tertiary/aromatic N) is 1. The van der Waals surface area contributed by atoms with Crippen LogP contribution >= 0.6 is 56.8 Å². The zero-order valence-electron chi connectivity index (χ0n) is 11.0. The van der Waals surface area contributed by atoms with E-state index >= 15 is 0 Å². The van der Waals surface area contributed by atoms with Crippen molar-refractivity contribution in [3.63, 3.8) is 0 Å². The van der Waals surface area contributed by atoms with E-state index in [0.29, 0.717) is 10.6 Å². The molecule has 2 aromatic carbocycles. The summed E-state index contributed by atoms with van der Waals surface area (Å²) in [5.74, 6) is -0.228. The first-order valence-electron chi connectivity index (χ1n) is 6.26. The average Bonchev–Trinajstić information content (AvgIpc) is 2.85. The fourth-order valence-corrected chi connectivity index (χ4v) is 2.95. The van der Waals surface area contributed by atoms with Gasteiger partial charge in [0, 0.05) is 7.14 Å². The van der Waals surface area contributed by atoms with E-state index in [0.717, 1.165) is 12.7 Å². The first-order chi connectivity index (χ1) is 10.5. The molecule has 0 bridgehead atoms. The molecule has 0 saturated heterocycles. The molecule has 0 saturated carbocycles. The zero-order valence-corrected chi connectivity index (χ0v) is 16.1. The number of carbonyl (C=O) groups is 1. The topological polar surface area (TPSA) is 38.7 Å². The fraction of sp³-hybridized carbons (Fsp3) is 0. The Morgan fingerprint density at radius 1 is 1.05 bits per heavy atom. The highest BCUT2D eigenvalue weighted by Gasteiger charge is 2.25. The van der Waals surface area contributed by atoms with Gasteiger partial charge in [-0.2, -0.15) is 0 Å². The molecule has 0 aromatic heterocycles. The van der Waals surface area contributed by atoms with Crippen LogP contribution in [0.25, 0.3) is 6.08 Å². The lowest BCUT2D eigenvalue weighted by molar-refractivity contribution is -0.129. The summed E-state index contributed by atoms with van der Waals surface area (Å²) in [5.41, 5.74) is 1.78. The van der Waals surface area contributed by atoms with Crippen molar-refractivity contribution in [3.8, 4) is 0 Å². The number of cyclic esters (lactones) is 1. The molecule has 0 spiro atoms. The Bertz CT molecular complexity index is 813. The molecule has 110 valence electrons. The van der Waals surface area contributed by atoms with E-state index in [4.69, 9.17) is 16.3 Å². The largest absolute Gasteiger partial charge is 0.402 e. The summed E-state index contributed by atoms with van der Waals surface area (Å²) in [6, 6.07) is 13.3. The van der Waals surface area contributed by atoms with Gasteiger partial charge < -0.3 is 4.74 Å². The van der Waals surface area contributed by atoms with Gasteiger partial charge in [0.15, 0.2) is 5.70 Å². The number of hydrogen-bond acceptors (Lipinski definition) is 3. The standard InChI is InChI=1S/C16H8ClI2NO2/c17-13-6-5-11(19)8-12(13)15-20-14(16(21)22-15)7-9-1-3-10(18)4-2-9/h1-8H. The van der Waals surface area contributed by atoms with Crippen LogP contribution in [0.2, 0.25) is 5.02 Å². The van der Waals surface area contributed by atoms with Crippen molar-refractivity contribution in [2.75, 3.05) is 0 Å². The predicted octanol–water partition coefficient (Wildman–Crippen LogP) is 4.89. The molecule has 1 aliphatic heterocycles. The lowest BCUT2D eigenvalue weighted by Gasteiger charge is -2.02. The highest BCUT2D eigenvalue weighted by atomic mass is 127. The maximum atomic E-state index is 12.0. The van der Waals surface area contributed by atoms with Gasteiger partial charge in [-0.1, -0.05) is 23.7 Å². The number of ether oxygens (including phenoxy) is 1. The summed E-state index contributed by atoms with van der Waals surface area (Å²) in [6.45, 7) is 0. The summed E-state index contributed by atoms with van der Waals surface area (Å²) in [6.07, 6.45) is 1.70. The van der Waals surface area contributed by atoms with Gasteiger partial charge >= 0.3 is 5.97 Å². The number of hydrogen-bond donors (Lipinski definition) is 0. The lowest BCUT2D eigenvalue weighted by atomic mass is 10.2. The number of esters is 1. The summed E-state index contributed by atoms with van der Waals surface area (Å²) in [7, 11) is 0. The minimum Gasteiger partial charge on any atom is -0.402 e. The maximum Gasteiger partial charge on any atom is 0.363 e. The number of benzene rings is 2. The molecule has 0 unspecified atom stereocenters. The summed E-state index contributed by atoms with van der Waals surface area (Å²) in [5, 5.41) is 0.502. The van der Waals surface area contributed by atoms with E-state index in [-0.39, 0.29) is 11.6 Å². The Hall–Kier alpha value is -0.930. The van der Waals surface area contributed by atoms with Crippen LogP contribution in [0.15, 0.2) is 53.2 Å². The monoisotopic (exact) mass is 535 g/mol. The minimum atomic E-state index is -0.469. The smallest absolute Gasteiger partial charge is 0.363 e. The van der Waals surface area contributed by atoms with Crippen molar-refractivity contribution in [1.82, 2.24) is 0 Å². The van der Waals surface area contributed by atoms with Gasteiger partial charge in [-0.3, -0.25) is 0 Å². The first kappa shape index (κ1) is 15.9. The Morgan fingerprint density at radius 2 is 1.73 bits per heavy atom. The number of rotatable bonds is 2. The average molecular weight is 536 g/mol. The van der Waals surface area contributed by atoms with E-state index in [1.165, 1.54) is 0 Å². The molecule has 0 N–H and O–H groups in total. The van der Waals surface area contributed by atoms with Crippen LogP contribution in [0.3, 0.4) is 0 Å². The molecule has 3 nitrogen and oxygen atoms in total. The van der Waals surface area contributed by atoms with Crippen molar-refractivity contribution in [1.29, 1.82) is 0 Å². The van der Waals surface area contributed by atoms with Crippen molar-refractivity contribution in [3.05, 3.63) is 71.5 Å². The molecule has 6 heteroatoms. The molecule has 0 radical (unpaired) electrons. The summed E-state index contributed by atoms with van der Waals surface area (Å²) in [4.78, 5) is 16.2. The molecular formula is C16H8ClI2NO2. The maximum absolute atomic E-state index is 12.0. The molecule has 2 aromatic rings. The van der Waals surface area contributed by atoms with Crippen LogP contribution in [0.1, 0.15) is 11.1 Å². The summed E-state index contributed by atoms with van der Waals surface area (Å²) >= 11 is 10.6. The third-order valence-electron chi connectivity index (χ3n) is 2.95. The number of carbonyl (C=O) groups excluding carboxylic acids is 1. The Kier molecular flexibility index (Phi) is 4.84. The van der Waals surface area contributed by atoms with E-state index < -0.39 is 5.97 Å². The van der Waals surface area contributed by atoms with Gasteiger partial charge in [0.2, 0.25) is 5.90 Å². The molecule has 0 aliphatic carbocycles. The Morgan fingerprint density at radius 3 is 2.45 bits per heavy atom. The van der Waals surface area contributed by atoms with Crippen molar-refractivity contribution >= 4 is 74.7 Å². The predicted molar refractivity (Wildman–Crippen MR) is 104 cm³/mol. The van der Waals surface area contributed by atoms with Crippen molar-refractivity contribution < 1.29 is 9.53 Å². The molecule has 1 aliphatic rings. The van der Waals surface area contributed by atoms with Crippen molar-refractivity contribution in [2.45, 2.75) is 0 Å². The van der Waals surface area contributed by atoms with E-state index in [1.54, 1.807) is 12.1 Å². The second-order valence-corrected chi connectivity index (χ2v) is 7.41. The molecule has 0 atom stereocenters. The van der Waals surface area contributed by atoms with Crippen LogP contribution in [0.5, 0.6) is 0 Å². The normalized spacial score (nSPS) is 15.9. The van der Waals surface area contributed by atoms with Crippen LogP contribution in [-0.2, 0) is 9.53 Å². The second-order valence-electron chi connectivity index (χ2n) is 4.51. The fourth-order valence-electron chi connectivity index (χ4n) is 1.90. The van der Waals surface area contributed by atoms with E-state index in [9.17, 15) is 4.79 Å². The number of halogens is 3. The third-order valence-corrected chi connectivity index (χ3v) is 4.67. The SMILES string of the molecule is O=C1OC(c2cc(I)ccc2Cl)=NC1=Cc1ccc(I)cc1. The van der Waals surface area contributed by atoms with Gasteiger partial charge in [-0.25, -0.2) is 9.79 Å². The van der Waals surface area contributed by atoms with Gasteiger partial charge in [0.25, 0.3) is 0 Å². The Balaban J connectivity index is 1.97. The molecule has 3 rings (SSSR count). The summed E-state index contributed by atoms with van der Waals surface area (Å²) < 4.78 is 7.37. The highest BCUT2D eigenvalue weighted by molar-refractivity contribution is 14.1. The molecule has 0 amide bonds. The van der Waals surface area contributed by atoms with E-state index in [1.807, 2.05) is 36.4 Å². The van der Waals surface area contributed by atoms with Gasteiger partial charge in [0.1, 0.15) is 0 Å². The Labute approximate surface area is 159 Å². The van der Waals surface area contributed by atoms with Crippen molar-refractivity contribution in [2.24, 2.45) is 4.99 Å². The third kappa shape index (κ3) is 3.52. The quantitative estimate of drug-likeness (QED) is 0.312. The van der Waals surface area contributed by atoms with E-state index in [2.05, 4.69) is 50.2 Å². The molecular weight excluding hydrogens is 527 g/mol. The van der Waals surface area contributed by atoms with Crippen LogP contribution in [0.4, 0.5) is 0 Å². The molecule has 1 heterocycles. The van der Waals surface area contributed by atoms with Gasteiger partial charge in [-0.05, 0) is 87.2 Å². The van der Waals surface area contributed by atoms with Gasteiger partial charge in [0.05, 0.1) is 10.6 Å². The highest BCUT2D eigenvalue weighted by Crippen LogP contribution is 2.25.